The largest absolute Gasteiger partial charge is 0.0988 e. The van der Waals surface area contributed by atoms with Gasteiger partial charge in [0.2, 0.25) is 0 Å². The molecule has 0 heteroatoms. The van der Waals surface area contributed by atoms with Crippen LogP contribution in [-0.4, -0.2) is 0 Å². The third-order valence-electron chi connectivity index (χ3n) is 4.75. The van der Waals surface area contributed by atoms with Crippen molar-refractivity contribution in [2.75, 3.05) is 0 Å². The van der Waals surface area contributed by atoms with Crippen LogP contribution < -0.4 is 0 Å². The lowest BCUT2D eigenvalue weighted by molar-refractivity contribution is 1.15. The van der Waals surface area contributed by atoms with Crippen LogP contribution in [0.3, 0.4) is 0 Å². The Labute approximate surface area is 158 Å². The van der Waals surface area contributed by atoms with Crippen LogP contribution in [0.2, 0.25) is 0 Å². The van der Waals surface area contributed by atoms with Gasteiger partial charge in [-0.25, -0.2) is 0 Å². The predicted molar refractivity (Wildman–Crippen MR) is 118 cm³/mol. The molecule has 0 amide bonds. The smallest absolute Gasteiger partial charge is 0.00672 e. The van der Waals surface area contributed by atoms with Crippen molar-refractivity contribution in [3.8, 4) is 0 Å². The van der Waals surface area contributed by atoms with Crippen LogP contribution in [0.1, 0.15) is 49.4 Å². The van der Waals surface area contributed by atoms with Crippen molar-refractivity contribution in [2.24, 2.45) is 0 Å². The fourth-order valence-corrected chi connectivity index (χ4v) is 3.46. The van der Waals surface area contributed by atoms with Gasteiger partial charge in [0.15, 0.2) is 0 Å². The van der Waals surface area contributed by atoms with Gasteiger partial charge in [0, 0.05) is 0 Å². The van der Waals surface area contributed by atoms with Gasteiger partial charge in [-0.05, 0) is 64.4 Å². The van der Waals surface area contributed by atoms with E-state index >= 15 is 0 Å². The summed E-state index contributed by atoms with van der Waals surface area (Å²) in [6.07, 6.45) is 2.98. The van der Waals surface area contributed by atoms with E-state index in [0.717, 1.165) is 6.42 Å². The van der Waals surface area contributed by atoms with E-state index in [2.05, 4.69) is 88.0 Å². The Morgan fingerprint density at radius 3 is 2.15 bits per heavy atom. The summed E-state index contributed by atoms with van der Waals surface area (Å²) < 4.78 is 0. The van der Waals surface area contributed by atoms with Crippen LogP contribution in [0, 0.1) is 13.8 Å². The second-order valence-electron chi connectivity index (χ2n) is 6.25. The van der Waals surface area contributed by atoms with Crippen LogP contribution in [-0.2, 0) is 0 Å². The molecule has 0 aromatic heterocycles. The van der Waals surface area contributed by atoms with Crippen molar-refractivity contribution in [2.45, 2.75) is 41.0 Å². The summed E-state index contributed by atoms with van der Waals surface area (Å²) in [5.74, 6) is 0. The molecule has 3 aromatic rings. The van der Waals surface area contributed by atoms with Crippen molar-refractivity contribution in [3.63, 3.8) is 0 Å². The van der Waals surface area contributed by atoms with Crippen LogP contribution in [0.25, 0.3) is 16.3 Å². The number of hydrogen-bond donors (Lipinski definition) is 0. The van der Waals surface area contributed by atoms with Gasteiger partial charge < -0.3 is 0 Å². The Hall–Kier alpha value is -2.60. The van der Waals surface area contributed by atoms with Gasteiger partial charge in [0.25, 0.3) is 0 Å². The molecule has 0 aliphatic carbocycles. The first-order valence-electron chi connectivity index (χ1n) is 9.57. The molecule has 0 saturated carbocycles. The zero-order valence-electron chi connectivity index (χ0n) is 16.8. The monoisotopic (exact) mass is 342 g/mol. The molecule has 0 aliphatic rings. The van der Waals surface area contributed by atoms with E-state index in [1.165, 1.54) is 44.2 Å². The average Bonchev–Trinajstić information content (AvgIpc) is 2.69. The quantitative estimate of drug-likeness (QED) is 0.423. The number of fused-ring (bicyclic) bond motifs is 1. The Balaban J connectivity index is 0.00000117. The molecule has 0 saturated heterocycles. The maximum absolute atomic E-state index is 4.09. The van der Waals surface area contributed by atoms with E-state index in [0.29, 0.717) is 0 Å². The van der Waals surface area contributed by atoms with Crippen molar-refractivity contribution < 1.29 is 0 Å². The molecule has 0 aliphatic heterocycles. The summed E-state index contributed by atoms with van der Waals surface area (Å²) in [5.41, 5.74) is 7.85. The molecular weight excluding hydrogens is 312 g/mol. The highest BCUT2D eigenvalue weighted by molar-refractivity contribution is 6.00. The number of allylic oxidation sites excluding steroid dienone is 2. The molecule has 0 nitrogen and oxygen atoms in total. The third kappa shape index (κ3) is 3.80. The maximum atomic E-state index is 4.09. The minimum atomic E-state index is 0.968. The van der Waals surface area contributed by atoms with Crippen molar-refractivity contribution in [1.82, 2.24) is 0 Å². The molecule has 3 rings (SSSR count). The Bertz CT molecular complexity index is 926. The Morgan fingerprint density at radius 1 is 0.846 bits per heavy atom. The van der Waals surface area contributed by atoms with Crippen LogP contribution in [0.5, 0.6) is 0 Å². The molecule has 0 unspecified atom stereocenters. The molecule has 0 N–H and O–H groups in total. The summed E-state index contributed by atoms with van der Waals surface area (Å²) >= 11 is 0. The van der Waals surface area contributed by atoms with E-state index in [1.54, 1.807) is 0 Å². The van der Waals surface area contributed by atoms with Crippen molar-refractivity contribution >= 4 is 16.3 Å². The molecule has 0 heterocycles. The third-order valence-corrected chi connectivity index (χ3v) is 4.75. The zero-order valence-corrected chi connectivity index (χ0v) is 16.8. The number of aryl methyl sites for hydroxylation is 2. The van der Waals surface area contributed by atoms with Gasteiger partial charge in [-0.15, -0.1) is 0 Å². The second-order valence-corrected chi connectivity index (χ2v) is 6.25. The summed E-state index contributed by atoms with van der Waals surface area (Å²) in [6, 6.07) is 21.7. The molecule has 0 atom stereocenters. The second kappa shape index (κ2) is 9.20. The number of hydrogen-bond acceptors (Lipinski definition) is 0. The first-order chi connectivity index (χ1) is 12.7. The van der Waals surface area contributed by atoms with E-state index < -0.39 is 0 Å². The standard InChI is InChI=1S/C24H24.C2H6/c1-5-19(6-2)24(21-13-9-7-11-17(21)3)23-18(4)15-16-20-12-8-10-14-22(20)23;1-2/h5,7-16H,1,6H2,2-4H3;1-2H3/b24-19-;. The van der Waals surface area contributed by atoms with E-state index in [1.807, 2.05) is 19.9 Å². The first kappa shape index (κ1) is 19.7. The lowest BCUT2D eigenvalue weighted by Crippen LogP contribution is -1.99. The summed E-state index contributed by atoms with van der Waals surface area (Å²) in [4.78, 5) is 0. The molecule has 0 bridgehead atoms. The van der Waals surface area contributed by atoms with Crippen molar-refractivity contribution in [3.05, 3.63) is 101 Å². The van der Waals surface area contributed by atoms with Crippen LogP contribution in [0.4, 0.5) is 0 Å². The highest BCUT2D eigenvalue weighted by atomic mass is 14.2. The molecule has 0 radical (unpaired) electrons. The van der Waals surface area contributed by atoms with E-state index in [4.69, 9.17) is 0 Å². The maximum Gasteiger partial charge on any atom is -0.00672 e. The normalized spacial score (nSPS) is 11.4. The zero-order chi connectivity index (χ0) is 19.1. The fraction of sp³-hybridized carbons (Fsp3) is 0.231. The van der Waals surface area contributed by atoms with E-state index in [9.17, 15) is 0 Å². The van der Waals surface area contributed by atoms with Crippen molar-refractivity contribution in [1.29, 1.82) is 0 Å². The first-order valence-corrected chi connectivity index (χ1v) is 9.57. The SMILES string of the molecule is C=C/C(CC)=C(\c1ccccc1C)c1c(C)ccc2ccccc12.CC. The Morgan fingerprint density at radius 2 is 1.50 bits per heavy atom. The van der Waals surface area contributed by atoms with Gasteiger partial charge in [0.1, 0.15) is 0 Å². The average molecular weight is 343 g/mol. The highest BCUT2D eigenvalue weighted by Crippen LogP contribution is 2.37. The topological polar surface area (TPSA) is 0 Å². The molecular formula is C26H30. The number of rotatable bonds is 4. The van der Waals surface area contributed by atoms with Gasteiger partial charge in [0.05, 0.1) is 0 Å². The Kier molecular flexibility index (Phi) is 6.97. The van der Waals surface area contributed by atoms with Crippen LogP contribution in [0.15, 0.2) is 78.9 Å². The molecule has 0 spiro atoms. The molecule has 134 valence electrons. The van der Waals surface area contributed by atoms with Gasteiger partial charge in [-0.2, -0.15) is 0 Å². The molecule has 0 fully saturated rings. The summed E-state index contributed by atoms with van der Waals surface area (Å²) in [6.45, 7) is 14.7. The fourth-order valence-electron chi connectivity index (χ4n) is 3.46. The summed E-state index contributed by atoms with van der Waals surface area (Å²) in [5, 5.41) is 2.59. The summed E-state index contributed by atoms with van der Waals surface area (Å²) in [7, 11) is 0. The van der Waals surface area contributed by atoms with Gasteiger partial charge in [-0.1, -0.05) is 94.1 Å². The van der Waals surface area contributed by atoms with Gasteiger partial charge >= 0.3 is 0 Å². The minimum absolute atomic E-state index is 0.968. The molecule has 3 aromatic carbocycles. The minimum Gasteiger partial charge on any atom is -0.0988 e. The van der Waals surface area contributed by atoms with E-state index in [-0.39, 0.29) is 0 Å². The van der Waals surface area contributed by atoms with Gasteiger partial charge in [-0.3, -0.25) is 0 Å². The molecule has 26 heavy (non-hydrogen) atoms. The lowest BCUT2D eigenvalue weighted by Gasteiger charge is -2.19. The predicted octanol–water partition coefficient (Wildman–Crippen LogP) is 7.88. The van der Waals surface area contributed by atoms with Crippen LogP contribution >= 0.6 is 0 Å². The highest BCUT2D eigenvalue weighted by Gasteiger charge is 2.16. The lowest BCUT2D eigenvalue weighted by atomic mass is 9.84. The number of benzene rings is 3.